The fourth-order valence-electron chi connectivity index (χ4n) is 2.98. The number of nitrogens with one attached hydrogen (secondary N) is 1. The van der Waals surface area contributed by atoms with E-state index in [1.165, 1.54) is 11.1 Å². The molecule has 0 saturated carbocycles. The van der Waals surface area contributed by atoms with Crippen molar-refractivity contribution in [3.8, 4) is 11.5 Å². The lowest BCUT2D eigenvalue weighted by Gasteiger charge is -2.10. The lowest BCUT2D eigenvalue weighted by Crippen LogP contribution is -2.20. The summed E-state index contributed by atoms with van der Waals surface area (Å²) in [4.78, 5) is 12.2. The van der Waals surface area contributed by atoms with E-state index in [9.17, 15) is 4.79 Å². The van der Waals surface area contributed by atoms with Crippen molar-refractivity contribution in [1.29, 1.82) is 0 Å². The Morgan fingerprint density at radius 1 is 0.828 bits per heavy atom. The van der Waals surface area contributed by atoms with Crippen molar-refractivity contribution < 1.29 is 14.3 Å². The zero-order valence-corrected chi connectivity index (χ0v) is 16.8. The van der Waals surface area contributed by atoms with Gasteiger partial charge in [-0.15, -0.1) is 0 Å². The second-order valence-electron chi connectivity index (χ2n) is 6.80. The highest BCUT2D eigenvalue weighted by Gasteiger charge is 2.05. The first-order valence-corrected chi connectivity index (χ1v) is 10.0. The first-order chi connectivity index (χ1) is 14.2. The molecule has 3 aromatic carbocycles. The molecule has 4 nitrogen and oxygen atoms in total. The fraction of sp³-hybridized carbons (Fsp3) is 0.240. The van der Waals surface area contributed by atoms with Crippen LogP contribution in [0.25, 0.3) is 0 Å². The molecule has 0 heterocycles. The van der Waals surface area contributed by atoms with E-state index in [2.05, 4.69) is 24.4 Å². The van der Waals surface area contributed by atoms with Gasteiger partial charge in [0.25, 0.3) is 5.91 Å². The van der Waals surface area contributed by atoms with Crippen molar-refractivity contribution >= 4 is 11.6 Å². The van der Waals surface area contributed by atoms with Crippen molar-refractivity contribution in [1.82, 2.24) is 0 Å². The molecule has 0 saturated heterocycles. The lowest BCUT2D eigenvalue weighted by atomic mass is 10.1. The first-order valence-electron chi connectivity index (χ1n) is 10.0. The van der Waals surface area contributed by atoms with E-state index in [1.54, 1.807) is 0 Å². The number of amides is 1. The van der Waals surface area contributed by atoms with Crippen LogP contribution < -0.4 is 14.8 Å². The molecular formula is C25H27NO3. The maximum absolute atomic E-state index is 12.2. The Kier molecular flexibility index (Phi) is 7.70. The summed E-state index contributed by atoms with van der Waals surface area (Å²) in [5.41, 5.74) is 3.18. The van der Waals surface area contributed by atoms with Crippen LogP contribution in [0.2, 0.25) is 0 Å². The molecule has 29 heavy (non-hydrogen) atoms. The van der Waals surface area contributed by atoms with Gasteiger partial charge in [0.15, 0.2) is 6.61 Å². The molecule has 0 aliphatic heterocycles. The Bertz CT molecular complexity index is 909. The SMILES string of the molecule is CCc1cccc(OCC(=O)Nc2cccc(OCCCc3ccccc3)c2)c1. The molecule has 0 fully saturated rings. The zero-order valence-electron chi connectivity index (χ0n) is 16.8. The molecule has 0 atom stereocenters. The third-order valence-corrected chi connectivity index (χ3v) is 4.52. The average Bonchev–Trinajstić information content (AvgIpc) is 2.76. The maximum Gasteiger partial charge on any atom is 0.262 e. The number of anilines is 1. The molecular weight excluding hydrogens is 362 g/mol. The standard InChI is InChI=1S/C25H27NO3/c1-2-20-11-6-14-23(17-20)29-19-25(27)26-22-13-7-15-24(18-22)28-16-8-12-21-9-4-3-5-10-21/h3-7,9-11,13-15,17-18H,2,8,12,16,19H2,1H3,(H,26,27). The molecule has 1 N–H and O–H groups in total. The summed E-state index contributed by atoms with van der Waals surface area (Å²) in [5, 5.41) is 2.85. The van der Waals surface area contributed by atoms with Gasteiger partial charge in [-0.1, -0.05) is 55.5 Å². The topological polar surface area (TPSA) is 47.6 Å². The Balaban J connectivity index is 1.43. The number of hydrogen-bond donors (Lipinski definition) is 1. The normalized spacial score (nSPS) is 10.4. The lowest BCUT2D eigenvalue weighted by molar-refractivity contribution is -0.118. The number of benzene rings is 3. The number of carbonyl (C=O) groups excluding carboxylic acids is 1. The summed E-state index contributed by atoms with van der Waals surface area (Å²) < 4.78 is 11.4. The smallest absolute Gasteiger partial charge is 0.262 e. The first kappa shape index (κ1) is 20.5. The molecule has 0 bridgehead atoms. The highest BCUT2D eigenvalue weighted by Crippen LogP contribution is 2.18. The highest BCUT2D eigenvalue weighted by atomic mass is 16.5. The summed E-state index contributed by atoms with van der Waals surface area (Å²) in [6, 6.07) is 25.6. The number of carbonyl (C=O) groups is 1. The quantitative estimate of drug-likeness (QED) is 0.480. The molecule has 150 valence electrons. The Hall–Kier alpha value is -3.27. The Labute approximate surface area is 172 Å². The van der Waals surface area contributed by atoms with E-state index >= 15 is 0 Å². The minimum Gasteiger partial charge on any atom is -0.494 e. The molecule has 3 aromatic rings. The van der Waals surface area contributed by atoms with Gasteiger partial charge in [0.2, 0.25) is 0 Å². The molecule has 0 aromatic heterocycles. The second-order valence-corrected chi connectivity index (χ2v) is 6.80. The summed E-state index contributed by atoms with van der Waals surface area (Å²) in [6.45, 7) is 2.68. The molecule has 0 aliphatic carbocycles. The Morgan fingerprint density at radius 3 is 2.34 bits per heavy atom. The van der Waals surface area contributed by atoms with Crippen molar-refractivity contribution in [3.63, 3.8) is 0 Å². The van der Waals surface area contributed by atoms with E-state index in [1.807, 2.05) is 66.7 Å². The van der Waals surface area contributed by atoms with Gasteiger partial charge < -0.3 is 14.8 Å². The molecule has 3 rings (SSSR count). The van der Waals surface area contributed by atoms with Crippen LogP contribution in [0, 0.1) is 0 Å². The number of rotatable bonds is 10. The van der Waals surface area contributed by atoms with Crippen LogP contribution in [0.1, 0.15) is 24.5 Å². The van der Waals surface area contributed by atoms with Gasteiger partial charge in [-0.2, -0.15) is 0 Å². The molecule has 0 unspecified atom stereocenters. The molecule has 0 aliphatic rings. The second kappa shape index (κ2) is 10.9. The summed E-state index contributed by atoms with van der Waals surface area (Å²) >= 11 is 0. The van der Waals surface area contributed by atoms with Crippen molar-refractivity contribution in [2.24, 2.45) is 0 Å². The predicted molar refractivity (Wildman–Crippen MR) is 117 cm³/mol. The van der Waals surface area contributed by atoms with E-state index in [4.69, 9.17) is 9.47 Å². The van der Waals surface area contributed by atoms with Crippen LogP contribution in [0.5, 0.6) is 11.5 Å². The van der Waals surface area contributed by atoms with Crippen molar-refractivity contribution in [2.75, 3.05) is 18.5 Å². The molecule has 0 spiro atoms. The maximum atomic E-state index is 12.2. The summed E-state index contributed by atoms with van der Waals surface area (Å²) in [5.74, 6) is 1.25. The van der Waals surface area contributed by atoms with Crippen LogP contribution in [0.15, 0.2) is 78.9 Å². The minimum absolute atomic E-state index is 0.0324. The number of hydrogen-bond acceptors (Lipinski definition) is 3. The minimum atomic E-state index is -0.201. The monoisotopic (exact) mass is 389 g/mol. The predicted octanol–water partition coefficient (Wildman–Crippen LogP) is 5.28. The average molecular weight is 389 g/mol. The van der Waals surface area contributed by atoms with Crippen molar-refractivity contribution in [3.05, 3.63) is 90.0 Å². The van der Waals surface area contributed by atoms with Crippen LogP contribution in [0.3, 0.4) is 0 Å². The van der Waals surface area contributed by atoms with Crippen LogP contribution >= 0.6 is 0 Å². The van der Waals surface area contributed by atoms with Gasteiger partial charge in [0.1, 0.15) is 11.5 Å². The fourth-order valence-corrected chi connectivity index (χ4v) is 2.98. The molecule has 4 heteroatoms. The summed E-state index contributed by atoms with van der Waals surface area (Å²) in [6.07, 6.45) is 2.85. The van der Waals surface area contributed by atoms with E-state index in [0.717, 1.165) is 25.0 Å². The Morgan fingerprint density at radius 2 is 1.55 bits per heavy atom. The highest BCUT2D eigenvalue weighted by molar-refractivity contribution is 5.92. The molecule has 0 radical (unpaired) electrons. The van der Waals surface area contributed by atoms with Crippen LogP contribution in [-0.4, -0.2) is 19.1 Å². The molecule has 1 amide bonds. The zero-order chi connectivity index (χ0) is 20.3. The number of ether oxygens (including phenoxy) is 2. The van der Waals surface area contributed by atoms with E-state index in [0.29, 0.717) is 18.0 Å². The van der Waals surface area contributed by atoms with Gasteiger partial charge in [0.05, 0.1) is 6.61 Å². The largest absolute Gasteiger partial charge is 0.494 e. The van der Waals surface area contributed by atoms with Gasteiger partial charge in [-0.25, -0.2) is 0 Å². The van der Waals surface area contributed by atoms with Gasteiger partial charge in [0, 0.05) is 11.8 Å². The number of aryl methyl sites for hydroxylation is 2. The summed E-state index contributed by atoms with van der Waals surface area (Å²) in [7, 11) is 0. The third kappa shape index (κ3) is 7.00. The van der Waals surface area contributed by atoms with Gasteiger partial charge in [-0.05, 0) is 54.7 Å². The van der Waals surface area contributed by atoms with Gasteiger partial charge in [-0.3, -0.25) is 4.79 Å². The van der Waals surface area contributed by atoms with Crippen LogP contribution in [-0.2, 0) is 17.6 Å². The van der Waals surface area contributed by atoms with Crippen molar-refractivity contribution in [2.45, 2.75) is 26.2 Å². The van der Waals surface area contributed by atoms with Crippen LogP contribution in [0.4, 0.5) is 5.69 Å². The third-order valence-electron chi connectivity index (χ3n) is 4.52. The van der Waals surface area contributed by atoms with E-state index < -0.39 is 0 Å². The van der Waals surface area contributed by atoms with E-state index in [-0.39, 0.29) is 12.5 Å². The van der Waals surface area contributed by atoms with Gasteiger partial charge >= 0.3 is 0 Å².